The van der Waals surface area contributed by atoms with Gasteiger partial charge in [-0.15, -0.1) is 0 Å². The quantitative estimate of drug-likeness (QED) is 0.739. The minimum Gasteiger partial charge on any atom is -0.497 e. The van der Waals surface area contributed by atoms with Gasteiger partial charge in [0.25, 0.3) is 0 Å². The van der Waals surface area contributed by atoms with Gasteiger partial charge in [-0.1, -0.05) is 0 Å². The Balaban J connectivity index is 2.52. The number of ether oxygens (including phenoxy) is 1. The van der Waals surface area contributed by atoms with E-state index >= 15 is 0 Å². The fraction of sp³-hybridized carbons (Fsp3) is 0.0833. The van der Waals surface area contributed by atoms with Crippen molar-refractivity contribution in [3.8, 4) is 16.9 Å². The molecule has 0 aliphatic carbocycles. The summed E-state index contributed by atoms with van der Waals surface area (Å²) in [6.45, 7) is 0. The first kappa shape index (κ1) is 9.93. The second-order valence-electron chi connectivity index (χ2n) is 3.08. The molecule has 0 aliphatic rings. The molecule has 3 heteroatoms. The fourth-order valence-electron chi connectivity index (χ4n) is 1.45. The number of hydrogen-bond donors (Lipinski definition) is 0. The van der Waals surface area contributed by atoms with E-state index in [0.717, 1.165) is 17.4 Å². The van der Waals surface area contributed by atoms with Crippen molar-refractivity contribution in [2.45, 2.75) is 0 Å². The summed E-state index contributed by atoms with van der Waals surface area (Å²) < 4.78 is 5.07. The Morgan fingerprint density at radius 1 is 1.33 bits per heavy atom. The lowest BCUT2D eigenvalue weighted by Gasteiger charge is -2.05. The summed E-state index contributed by atoms with van der Waals surface area (Å²) in [4.78, 5) is 10.9. The summed E-state index contributed by atoms with van der Waals surface area (Å²) in [6.07, 6.45) is 0.857. The van der Waals surface area contributed by atoms with Gasteiger partial charge in [-0.05, 0) is 46.2 Å². The number of aldehydes is 1. The molecule has 0 amide bonds. The smallest absolute Gasteiger partial charge is 0.150 e. The normalized spacial score (nSPS) is 9.93. The zero-order valence-electron chi connectivity index (χ0n) is 8.27. The summed E-state index contributed by atoms with van der Waals surface area (Å²) in [5.74, 6) is 0.705. The molecule has 0 fully saturated rings. The molecule has 0 saturated carbocycles. The minimum atomic E-state index is 0.660. The van der Waals surface area contributed by atoms with Crippen LogP contribution in [-0.2, 0) is 0 Å². The summed E-state index contributed by atoms with van der Waals surface area (Å²) in [7, 11) is 1.59. The highest BCUT2D eigenvalue weighted by molar-refractivity contribution is 7.08. The average Bonchev–Trinajstić information content (AvgIpc) is 2.81. The third-order valence-corrected chi connectivity index (χ3v) is 2.90. The zero-order chi connectivity index (χ0) is 10.7. The van der Waals surface area contributed by atoms with Crippen molar-refractivity contribution in [2.24, 2.45) is 0 Å². The number of methoxy groups -OCH3 is 1. The van der Waals surface area contributed by atoms with Crippen LogP contribution in [0, 0.1) is 0 Å². The molecule has 1 heterocycles. The fourth-order valence-corrected chi connectivity index (χ4v) is 2.10. The Bertz CT molecular complexity index is 460. The van der Waals surface area contributed by atoms with E-state index in [1.807, 2.05) is 29.0 Å². The molecule has 15 heavy (non-hydrogen) atoms. The van der Waals surface area contributed by atoms with Crippen molar-refractivity contribution in [1.82, 2.24) is 0 Å². The molecular formula is C12H10O2S. The van der Waals surface area contributed by atoms with Gasteiger partial charge >= 0.3 is 0 Å². The third-order valence-electron chi connectivity index (χ3n) is 2.22. The summed E-state index contributed by atoms with van der Waals surface area (Å²) in [5.41, 5.74) is 2.68. The van der Waals surface area contributed by atoms with Gasteiger partial charge in [0.1, 0.15) is 5.75 Å². The van der Waals surface area contributed by atoms with Crippen LogP contribution < -0.4 is 4.74 Å². The van der Waals surface area contributed by atoms with Crippen LogP contribution in [-0.4, -0.2) is 13.4 Å². The molecule has 0 N–H and O–H groups in total. The first-order valence-corrected chi connectivity index (χ1v) is 5.45. The molecule has 1 aromatic heterocycles. The van der Waals surface area contributed by atoms with Gasteiger partial charge < -0.3 is 4.74 Å². The topological polar surface area (TPSA) is 26.3 Å². The number of rotatable bonds is 3. The minimum absolute atomic E-state index is 0.660. The van der Waals surface area contributed by atoms with E-state index < -0.39 is 0 Å². The van der Waals surface area contributed by atoms with Gasteiger partial charge in [0, 0.05) is 5.56 Å². The first-order chi connectivity index (χ1) is 7.35. The molecule has 0 spiro atoms. The Hall–Kier alpha value is -1.61. The Morgan fingerprint density at radius 3 is 2.80 bits per heavy atom. The monoisotopic (exact) mass is 218 g/mol. The van der Waals surface area contributed by atoms with E-state index in [9.17, 15) is 4.79 Å². The highest BCUT2D eigenvalue weighted by Crippen LogP contribution is 2.27. The molecule has 0 bridgehead atoms. The zero-order valence-corrected chi connectivity index (χ0v) is 9.08. The van der Waals surface area contributed by atoms with E-state index in [1.54, 1.807) is 24.5 Å². The van der Waals surface area contributed by atoms with E-state index in [2.05, 4.69) is 0 Å². The van der Waals surface area contributed by atoms with E-state index in [-0.39, 0.29) is 0 Å². The standard InChI is InChI=1S/C12H10O2S/c1-14-11-2-3-12(10(6-11)7-13)9-4-5-15-8-9/h2-8H,1H3. The van der Waals surface area contributed by atoms with Crippen LogP contribution in [0.5, 0.6) is 5.75 Å². The van der Waals surface area contributed by atoms with Gasteiger partial charge in [-0.2, -0.15) is 11.3 Å². The van der Waals surface area contributed by atoms with Crippen molar-refractivity contribution in [3.05, 3.63) is 40.6 Å². The maximum Gasteiger partial charge on any atom is 0.150 e. The van der Waals surface area contributed by atoms with Crippen LogP contribution in [0.2, 0.25) is 0 Å². The number of benzene rings is 1. The first-order valence-electron chi connectivity index (χ1n) is 4.51. The third kappa shape index (κ3) is 1.92. The molecule has 76 valence electrons. The maximum absolute atomic E-state index is 10.9. The number of carbonyl (C=O) groups is 1. The van der Waals surface area contributed by atoms with Crippen LogP contribution in [0.3, 0.4) is 0 Å². The van der Waals surface area contributed by atoms with Crippen LogP contribution in [0.1, 0.15) is 10.4 Å². The van der Waals surface area contributed by atoms with Crippen molar-refractivity contribution in [1.29, 1.82) is 0 Å². The molecule has 0 saturated heterocycles. The molecule has 2 nitrogen and oxygen atoms in total. The lowest BCUT2D eigenvalue weighted by molar-refractivity contribution is 0.112. The van der Waals surface area contributed by atoms with Gasteiger partial charge in [-0.3, -0.25) is 4.79 Å². The molecule has 0 unspecified atom stereocenters. The molecule has 2 aromatic rings. The second-order valence-corrected chi connectivity index (χ2v) is 3.86. The summed E-state index contributed by atoms with van der Waals surface area (Å²) >= 11 is 1.62. The van der Waals surface area contributed by atoms with Gasteiger partial charge in [-0.25, -0.2) is 0 Å². The maximum atomic E-state index is 10.9. The number of hydrogen-bond acceptors (Lipinski definition) is 3. The van der Waals surface area contributed by atoms with Gasteiger partial charge in [0.2, 0.25) is 0 Å². The van der Waals surface area contributed by atoms with Crippen molar-refractivity contribution in [2.75, 3.05) is 7.11 Å². The predicted molar refractivity (Wildman–Crippen MR) is 61.7 cm³/mol. The SMILES string of the molecule is COc1ccc(-c2ccsc2)c(C=O)c1. The lowest BCUT2D eigenvalue weighted by Crippen LogP contribution is -1.89. The van der Waals surface area contributed by atoms with Crippen LogP contribution in [0.4, 0.5) is 0 Å². The lowest BCUT2D eigenvalue weighted by atomic mass is 10.0. The average molecular weight is 218 g/mol. The molecular weight excluding hydrogens is 208 g/mol. The second kappa shape index (κ2) is 4.28. The molecule has 0 atom stereocenters. The van der Waals surface area contributed by atoms with E-state index in [1.165, 1.54) is 0 Å². The Morgan fingerprint density at radius 2 is 2.20 bits per heavy atom. The Labute approximate surface area is 92.1 Å². The molecule has 2 rings (SSSR count). The van der Waals surface area contributed by atoms with Crippen LogP contribution in [0.25, 0.3) is 11.1 Å². The highest BCUT2D eigenvalue weighted by Gasteiger charge is 2.06. The molecule has 0 radical (unpaired) electrons. The van der Waals surface area contributed by atoms with Crippen molar-refractivity contribution in [3.63, 3.8) is 0 Å². The number of carbonyl (C=O) groups excluding carboxylic acids is 1. The van der Waals surface area contributed by atoms with E-state index in [4.69, 9.17) is 4.74 Å². The largest absolute Gasteiger partial charge is 0.497 e. The van der Waals surface area contributed by atoms with Gasteiger partial charge in [0.15, 0.2) is 6.29 Å². The van der Waals surface area contributed by atoms with Crippen molar-refractivity contribution >= 4 is 17.6 Å². The summed E-state index contributed by atoms with van der Waals surface area (Å²) in [5, 5.41) is 4.02. The van der Waals surface area contributed by atoms with Gasteiger partial charge in [0.05, 0.1) is 7.11 Å². The highest BCUT2D eigenvalue weighted by atomic mass is 32.1. The van der Waals surface area contributed by atoms with E-state index in [0.29, 0.717) is 11.3 Å². The molecule has 1 aromatic carbocycles. The van der Waals surface area contributed by atoms with Crippen LogP contribution >= 0.6 is 11.3 Å². The van der Waals surface area contributed by atoms with Crippen LogP contribution in [0.15, 0.2) is 35.0 Å². The Kier molecular flexibility index (Phi) is 2.83. The summed E-state index contributed by atoms with van der Waals surface area (Å²) in [6, 6.07) is 7.52. The number of thiophene rings is 1. The predicted octanol–water partition coefficient (Wildman–Crippen LogP) is 3.24. The van der Waals surface area contributed by atoms with Crippen molar-refractivity contribution < 1.29 is 9.53 Å². The molecule has 0 aliphatic heterocycles.